The number of aryl methyl sites for hydroxylation is 1. The van der Waals surface area contributed by atoms with Gasteiger partial charge in [-0.25, -0.2) is 8.42 Å². The molecular formula is C9H13Br2NO2S2. The van der Waals surface area contributed by atoms with Crippen molar-refractivity contribution < 1.29 is 8.42 Å². The van der Waals surface area contributed by atoms with Crippen LogP contribution in [0.3, 0.4) is 0 Å². The highest BCUT2D eigenvalue weighted by Gasteiger charge is 2.27. The van der Waals surface area contributed by atoms with Crippen LogP contribution >= 0.6 is 43.2 Å². The number of hydrogen-bond donors (Lipinski definition) is 0. The minimum Gasteiger partial charge on any atom is -0.207 e. The first-order valence-corrected chi connectivity index (χ1v) is 8.77. The van der Waals surface area contributed by atoms with Crippen LogP contribution in [0.5, 0.6) is 0 Å². The second kappa shape index (κ2) is 5.48. The van der Waals surface area contributed by atoms with Crippen molar-refractivity contribution in [2.24, 2.45) is 0 Å². The maximum Gasteiger partial charge on any atom is 0.244 e. The molecular weight excluding hydrogens is 378 g/mol. The standard InChI is InChI=1S/C9H13Br2NO2S2/c1-6(5-10)12(3)16(13,14)8-4-9(11)15-7(8)2/h4,6H,5H2,1-3H3. The van der Waals surface area contributed by atoms with Crippen molar-refractivity contribution in [1.29, 1.82) is 0 Å². The summed E-state index contributed by atoms with van der Waals surface area (Å²) in [5.74, 6) is 0. The normalized spacial score (nSPS) is 14.4. The van der Waals surface area contributed by atoms with E-state index in [2.05, 4.69) is 31.9 Å². The number of rotatable bonds is 4. The highest BCUT2D eigenvalue weighted by molar-refractivity contribution is 9.11. The van der Waals surface area contributed by atoms with E-state index in [9.17, 15) is 8.42 Å². The molecule has 0 fully saturated rings. The Bertz CT molecular complexity index is 470. The molecule has 0 amide bonds. The summed E-state index contributed by atoms with van der Waals surface area (Å²) < 4.78 is 26.7. The Kier molecular flexibility index (Phi) is 5.01. The summed E-state index contributed by atoms with van der Waals surface area (Å²) >= 11 is 8.03. The molecule has 1 atom stereocenters. The molecule has 0 aliphatic heterocycles. The molecule has 0 aliphatic carbocycles. The first-order chi connectivity index (χ1) is 7.30. The van der Waals surface area contributed by atoms with Crippen molar-refractivity contribution >= 4 is 53.2 Å². The molecule has 0 aliphatic rings. The van der Waals surface area contributed by atoms with Gasteiger partial charge in [-0.05, 0) is 35.8 Å². The molecule has 16 heavy (non-hydrogen) atoms. The summed E-state index contributed by atoms with van der Waals surface area (Å²) in [6.45, 7) is 3.68. The fourth-order valence-corrected chi connectivity index (χ4v) is 5.54. The first kappa shape index (κ1) is 14.6. The second-order valence-corrected chi connectivity index (χ2v) is 8.74. The Morgan fingerprint density at radius 3 is 2.50 bits per heavy atom. The van der Waals surface area contributed by atoms with Gasteiger partial charge in [0.15, 0.2) is 0 Å². The van der Waals surface area contributed by atoms with E-state index >= 15 is 0 Å². The highest BCUT2D eigenvalue weighted by Crippen LogP contribution is 2.31. The molecule has 3 nitrogen and oxygen atoms in total. The summed E-state index contributed by atoms with van der Waals surface area (Å²) in [4.78, 5) is 1.19. The number of alkyl halides is 1. The van der Waals surface area contributed by atoms with Crippen LogP contribution in [-0.2, 0) is 10.0 Å². The molecule has 0 N–H and O–H groups in total. The Morgan fingerprint density at radius 1 is 1.56 bits per heavy atom. The van der Waals surface area contributed by atoms with Crippen LogP contribution in [0.15, 0.2) is 14.7 Å². The molecule has 1 rings (SSSR count). The van der Waals surface area contributed by atoms with Gasteiger partial charge in [0.05, 0.1) is 8.68 Å². The SMILES string of the molecule is Cc1sc(Br)cc1S(=O)(=O)N(C)C(C)CBr. The van der Waals surface area contributed by atoms with Gasteiger partial charge in [-0.3, -0.25) is 0 Å². The van der Waals surface area contributed by atoms with Gasteiger partial charge in [0.1, 0.15) is 0 Å². The van der Waals surface area contributed by atoms with Crippen molar-refractivity contribution in [2.45, 2.75) is 24.8 Å². The molecule has 1 aromatic heterocycles. The van der Waals surface area contributed by atoms with E-state index in [4.69, 9.17) is 0 Å². The van der Waals surface area contributed by atoms with Crippen LogP contribution in [0.25, 0.3) is 0 Å². The molecule has 1 unspecified atom stereocenters. The quantitative estimate of drug-likeness (QED) is 0.740. The molecule has 0 radical (unpaired) electrons. The smallest absolute Gasteiger partial charge is 0.207 e. The molecule has 0 spiro atoms. The average Bonchev–Trinajstić information content (AvgIpc) is 2.56. The van der Waals surface area contributed by atoms with E-state index < -0.39 is 10.0 Å². The van der Waals surface area contributed by atoms with Crippen LogP contribution < -0.4 is 0 Å². The molecule has 0 bridgehead atoms. The molecule has 1 aromatic rings. The van der Waals surface area contributed by atoms with Crippen LogP contribution in [0, 0.1) is 6.92 Å². The van der Waals surface area contributed by atoms with Crippen molar-refractivity contribution in [3.8, 4) is 0 Å². The fraction of sp³-hybridized carbons (Fsp3) is 0.556. The van der Waals surface area contributed by atoms with Gasteiger partial charge in [-0.1, -0.05) is 15.9 Å². The van der Waals surface area contributed by atoms with E-state index in [-0.39, 0.29) is 6.04 Å². The maximum atomic E-state index is 12.3. The zero-order chi connectivity index (χ0) is 12.5. The van der Waals surface area contributed by atoms with Gasteiger partial charge in [0, 0.05) is 23.3 Å². The monoisotopic (exact) mass is 389 g/mol. The number of halogens is 2. The second-order valence-electron chi connectivity index (χ2n) is 3.50. The number of hydrogen-bond acceptors (Lipinski definition) is 3. The van der Waals surface area contributed by atoms with Crippen molar-refractivity contribution in [2.75, 3.05) is 12.4 Å². The van der Waals surface area contributed by atoms with E-state index in [1.54, 1.807) is 13.1 Å². The van der Waals surface area contributed by atoms with Gasteiger partial charge in [0.2, 0.25) is 10.0 Å². The van der Waals surface area contributed by atoms with E-state index in [1.165, 1.54) is 15.6 Å². The largest absolute Gasteiger partial charge is 0.244 e. The van der Waals surface area contributed by atoms with E-state index in [0.717, 1.165) is 8.66 Å². The molecule has 1 heterocycles. The minimum atomic E-state index is -3.38. The number of thiophene rings is 1. The van der Waals surface area contributed by atoms with Crippen LogP contribution in [0.2, 0.25) is 0 Å². The van der Waals surface area contributed by atoms with Crippen molar-refractivity contribution in [3.63, 3.8) is 0 Å². The summed E-state index contributed by atoms with van der Waals surface area (Å²) in [6.07, 6.45) is 0. The predicted octanol–water partition coefficient (Wildman–Crippen LogP) is 3.22. The van der Waals surface area contributed by atoms with Crippen molar-refractivity contribution in [3.05, 3.63) is 14.7 Å². The minimum absolute atomic E-state index is 0.0666. The zero-order valence-corrected chi connectivity index (χ0v) is 14.0. The summed E-state index contributed by atoms with van der Waals surface area (Å²) in [6, 6.07) is 1.59. The molecule has 0 saturated carbocycles. The average molecular weight is 391 g/mol. The van der Waals surface area contributed by atoms with E-state index in [1.807, 2.05) is 13.8 Å². The van der Waals surface area contributed by atoms with Gasteiger partial charge < -0.3 is 0 Å². The van der Waals surface area contributed by atoms with Gasteiger partial charge in [0.25, 0.3) is 0 Å². The lowest BCUT2D eigenvalue weighted by Gasteiger charge is -2.22. The fourth-order valence-electron chi connectivity index (χ4n) is 1.18. The first-order valence-electron chi connectivity index (χ1n) is 4.60. The highest BCUT2D eigenvalue weighted by atomic mass is 79.9. The molecule has 0 aromatic carbocycles. The third-order valence-electron chi connectivity index (χ3n) is 2.34. The predicted molar refractivity (Wildman–Crippen MR) is 75.0 cm³/mol. The van der Waals surface area contributed by atoms with Crippen molar-refractivity contribution in [1.82, 2.24) is 4.31 Å². The Hall–Kier alpha value is 0.570. The Balaban J connectivity index is 3.17. The van der Waals surface area contributed by atoms with Gasteiger partial charge in [-0.15, -0.1) is 11.3 Å². The summed E-state index contributed by atoms with van der Waals surface area (Å²) in [7, 11) is -1.77. The lowest BCUT2D eigenvalue weighted by Crippen LogP contribution is -2.36. The van der Waals surface area contributed by atoms with Gasteiger partial charge in [-0.2, -0.15) is 4.31 Å². The Morgan fingerprint density at radius 2 is 2.12 bits per heavy atom. The number of sulfonamides is 1. The lowest BCUT2D eigenvalue weighted by molar-refractivity contribution is 0.416. The van der Waals surface area contributed by atoms with Crippen LogP contribution in [0.4, 0.5) is 0 Å². The number of nitrogens with zero attached hydrogens (tertiary/aromatic N) is 1. The lowest BCUT2D eigenvalue weighted by atomic mass is 10.4. The van der Waals surface area contributed by atoms with Gasteiger partial charge >= 0.3 is 0 Å². The maximum absolute atomic E-state index is 12.3. The Labute approximate surface area is 117 Å². The summed E-state index contributed by atoms with van der Waals surface area (Å²) in [5, 5.41) is 0.618. The third kappa shape index (κ3) is 2.87. The topological polar surface area (TPSA) is 37.4 Å². The molecule has 7 heteroatoms. The van der Waals surface area contributed by atoms with Crippen LogP contribution in [-0.4, -0.2) is 31.1 Å². The molecule has 0 saturated heterocycles. The van der Waals surface area contributed by atoms with E-state index in [0.29, 0.717) is 10.2 Å². The third-order valence-corrected chi connectivity index (χ3v) is 7.06. The zero-order valence-electron chi connectivity index (χ0n) is 9.20. The molecule has 92 valence electrons. The van der Waals surface area contributed by atoms with Crippen LogP contribution in [0.1, 0.15) is 11.8 Å². The summed E-state index contributed by atoms with van der Waals surface area (Å²) in [5.41, 5.74) is 0.